The molecule has 0 heterocycles. The van der Waals surface area contributed by atoms with Crippen molar-refractivity contribution in [2.24, 2.45) is 0 Å². The van der Waals surface area contributed by atoms with Gasteiger partial charge in [-0.3, -0.25) is 10.1 Å². The fourth-order valence-corrected chi connectivity index (χ4v) is 2.40. The normalized spacial score (nSPS) is 9.95. The molecule has 0 aliphatic rings. The summed E-state index contributed by atoms with van der Waals surface area (Å²) in [6.07, 6.45) is 0. The van der Waals surface area contributed by atoms with Crippen molar-refractivity contribution in [3.63, 3.8) is 0 Å². The van der Waals surface area contributed by atoms with Gasteiger partial charge in [0.1, 0.15) is 5.75 Å². The molecule has 0 aliphatic carbocycles. The van der Waals surface area contributed by atoms with Crippen LogP contribution in [-0.2, 0) is 0 Å². The number of amides is 1. The number of benzene rings is 2. The van der Waals surface area contributed by atoms with E-state index < -0.39 is 0 Å². The van der Waals surface area contributed by atoms with Gasteiger partial charge in [-0.2, -0.15) is 0 Å². The Kier molecular flexibility index (Phi) is 5.35. The lowest BCUT2D eigenvalue weighted by molar-refractivity contribution is 0.0974. The first-order valence-corrected chi connectivity index (χ1v) is 7.31. The molecule has 114 valence electrons. The summed E-state index contributed by atoms with van der Waals surface area (Å²) >= 11 is 11.0. The Morgan fingerprint density at radius 2 is 1.95 bits per heavy atom. The molecule has 0 fully saturated rings. The van der Waals surface area contributed by atoms with Gasteiger partial charge in [0.25, 0.3) is 5.91 Å². The van der Waals surface area contributed by atoms with Crippen molar-refractivity contribution in [1.29, 1.82) is 0 Å². The first kappa shape index (κ1) is 16.3. The van der Waals surface area contributed by atoms with Gasteiger partial charge in [-0.1, -0.05) is 29.8 Å². The second kappa shape index (κ2) is 7.24. The lowest BCUT2D eigenvalue weighted by atomic mass is 10.1. The Balaban J connectivity index is 2.09. The quantitative estimate of drug-likeness (QED) is 0.839. The minimum Gasteiger partial charge on any atom is -0.496 e. The van der Waals surface area contributed by atoms with E-state index in [0.717, 1.165) is 5.56 Å². The minimum absolute atomic E-state index is 0.191. The standard InChI is InChI=1S/C16H15ClN2O2S/c1-10-5-3-8-13(14(10)21-2)15(20)19-16(22)18-12-7-4-6-11(17)9-12/h3-9H,1-2H3,(H2,18,19,20,22). The summed E-state index contributed by atoms with van der Waals surface area (Å²) in [5, 5.41) is 6.31. The minimum atomic E-state index is -0.333. The Morgan fingerprint density at radius 3 is 2.64 bits per heavy atom. The lowest BCUT2D eigenvalue weighted by Gasteiger charge is -2.13. The van der Waals surface area contributed by atoms with Gasteiger partial charge in [0.15, 0.2) is 5.11 Å². The van der Waals surface area contributed by atoms with Crippen LogP contribution in [0, 0.1) is 6.92 Å². The number of carbonyl (C=O) groups is 1. The Labute approximate surface area is 139 Å². The third-order valence-electron chi connectivity index (χ3n) is 2.97. The van der Waals surface area contributed by atoms with Crippen molar-refractivity contribution < 1.29 is 9.53 Å². The molecule has 0 saturated heterocycles. The first-order chi connectivity index (χ1) is 10.5. The largest absolute Gasteiger partial charge is 0.496 e. The van der Waals surface area contributed by atoms with Crippen LogP contribution in [-0.4, -0.2) is 18.1 Å². The highest BCUT2D eigenvalue weighted by Crippen LogP contribution is 2.22. The lowest BCUT2D eigenvalue weighted by Crippen LogP contribution is -2.34. The number of anilines is 1. The third kappa shape index (κ3) is 3.96. The van der Waals surface area contributed by atoms with E-state index in [1.54, 1.807) is 36.4 Å². The fourth-order valence-electron chi connectivity index (χ4n) is 2.00. The van der Waals surface area contributed by atoms with E-state index in [-0.39, 0.29) is 11.0 Å². The molecule has 0 aliphatic heterocycles. The zero-order valence-electron chi connectivity index (χ0n) is 12.1. The zero-order chi connectivity index (χ0) is 16.1. The van der Waals surface area contributed by atoms with Crippen molar-refractivity contribution in [2.45, 2.75) is 6.92 Å². The SMILES string of the molecule is COc1c(C)cccc1C(=O)NC(=S)Nc1cccc(Cl)c1. The van der Waals surface area contributed by atoms with Crippen molar-refractivity contribution in [3.8, 4) is 5.75 Å². The smallest absolute Gasteiger partial charge is 0.261 e. The van der Waals surface area contributed by atoms with Crippen molar-refractivity contribution in [2.75, 3.05) is 12.4 Å². The van der Waals surface area contributed by atoms with E-state index >= 15 is 0 Å². The van der Waals surface area contributed by atoms with Crippen LogP contribution in [0.15, 0.2) is 42.5 Å². The second-order valence-corrected chi connectivity index (χ2v) is 5.42. The highest BCUT2D eigenvalue weighted by atomic mass is 35.5. The Bertz CT molecular complexity index is 719. The number of para-hydroxylation sites is 1. The molecular weight excluding hydrogens is 320 g/mol. The van der Waals surface area contributed by atoms with E-state index in [0.29, 0.717) is 22.0 Å². The maximum Gasteiger partial charge on any atom is 0.261 e. The summed E-state index contributed by atoms with van der Waals surface area (Å²) in [5.74, 6) is 0.200. The number of ether oxygens (including phenoxy) is 1. The number of hydrogen-bond acceptors (Lipinski definition) is 3. The van der Waals surface area contributed by atoms with Crippen molar-refractivity contribution in [3.05, 3.63) is 58.6 Å². The molecular formula is C16H15ClN2O2S. The highest BCUT2D eigenvalue weighted by Gasteiger charge is 2.15. The second-order valence-electron chi connectivity index (χ2n) is 4.57. The highest BCUT2D eigenvalue weighted by molar-refractivity contribution is 7.80. The number of rotatable bonds is 3. The van der Waals surface area contributed by atoms with Gasteiger partial charge >= 0.3 is 0 Å². The number of nitrogens with one attached hydrogen (secondary N) is 2. The summed E-state index contributed by atoms with van der Waals surface area (Å²) in [7, 11) is 1.53. The van der Waals surface area contributed by atoms with E-state index in [4.69, 9.17) is 28.6 Å². The van der Waals surface area contributed by atoms with Gasteiger partial charge in [0.05, 0.1) is 12.7 Å². The molecule has 2 aromatic rings. The average molecular weight is 335 g/mol. The molecule has 0 unspecified atom stereocenters. The van der Waals surface area contributed by atoms with Gasteiger partial charge in [0.2, 0.25) is 0 Å². The summed E-state index contributed by atoms with van der Waals surface area (Å²) < 4.78 is 5.27. The summed E-state index contributed by atoms with van der Waals surface area (Å²) in [4.78, 5) is 12.3. The van der Waals surface area contributed by atoms with Gasteiger partial charge in [0, 0.05) is 10.7 Å². The zero-order valence-corrected chi connectivity index (χ0v) is 13.7. The van der Waals surface area contributed by atoms with E-state index in [2.05, 4.69) is 10.6 Å². The molecule has 0 atom stereocenters. The van der Waals surface area contributed by atoms with Crippen LogP contribution in [0.3, 0.4) is 0 Å². The molecule has 0 bridgehead atoms. The average Bonchev–Trinajstić information content (AvgIpc) is 2.46. The molecule has 22 heavy (non-hydrogen) atoms. The van der Waals surface area contributed by atoms with Crippen molar-refractivity contribution >= 4 is 40.5 Å². The van der Waals surface area contributed by atoms with Crippen LogP contribution in [0.1, 0.15) is 15.9 Å². The number of aryl methyl sites for hydroxylation is 1. The van der Waals surface area contributed by atoms with E-state index in [1.807, 2.05) is 13.0 Å². The Hall–Kier alpha value is -2.11. The maximum atomic E-state index is 12.3. The molecule has 0 spiro atoms. The predicted molar refractivity (Wildman–Crippen MR) is 92.9 cm³/mol. The summed E-state index contributed by atoms with van der Waals surface area (Å²) in [5.41, 5.74) is 2.01. The van der Waals surface area contributed by atoms with Gasteiger partial charge in [-0.25, -0.2) is 0 Å². The third-order valence-corrected chi connectivity index (χ3v) is 3.41. The van der Waals surface area contributed by atoms with Crippen LogP contribution in [0.5, 0.6) is 5.75 Å². The molecule has 1 amide bonds. The molecule has 2 aromatic carbocycles. The molecule has 0 saturated carbocycles. The number of halogens is 1. The number of hydrogen-bond donors (Lipinski definition) is 2. The molecule has 2 rings (SSSR count). The van der Waals surface area contributed by atoms with Gasteiger partial charge < -0.3 is 10.1 Å². The molecule has 6 heteroatoms. The summed E-state index contributed by atoms with van der Waals surface area (Å²) in [6.45, 7) is 1.87. The molecule has 0 radical (unpaired) electrons. The topological polar surface area (TPSA) is 50.4 Å². The van der Waals surface area contributed by atoms with Crippen LogP contribution >= 0.6 is 23.8 Å². The molecule has 2 N–H and O–H groups in total. The van der Waals surface area contributed by atoms with Gasteiger partial charge in [-0.15, -0.1) is 0 Å². The van der Waals surface area contributed by atoms with Crippen LogP contribution in [0.4, 0.5) is 5.69 Å². The Morgan fingerprint density at radius 1 is 1.23 bits per heavy atom. The van der Waals surface area contributed by atoms with Crippen LogP contribution in [0.2, 0.25) is 5.02 Å². The van der Waals surface area contributed by atoms with Gasteiger partial charge in [-0.05, 0) is 49.0 Å². The monoisotopic (exact) mass is 334 g/mol. The first-order valence-electron chi connectivity index (χ1n) is 6.52. The maximum absolute atomic E-state index is 12.3. The summed E-state index contributed by atoms with van der Waals surface area (Å²) in [6, 6.07) is 12.4. The number of methoxy groups -OCH3 is 1. The van der Waals surface area contributed by atoms with Crippen LogP contribution < -0.4 is 15.4 Å². The number of thiocarbonyl (C=S) groups is 1. The van der Waals surface area contributed by atoms with E-state index in [9.17, 15) is 4.79 Å². The molecule has 4 nitrogen and oxygen atoms in total. The predicted octanol–water partition coefficient (Wildman–Crippen LogP) is 3.78. The number of carbonyl (C=O) groups excluding carboxylic acids is 1. The fraction of sp³-hybridized carbons (Fsp3) is 0.125. The van der Waals surface area contributed by atoms with Crippen molar-refractivity contribution in [1.82, 2.24) is 5.32 Å². The molecule has 0 aromatic heterocycles. The van der Waals surface area contributed by atoms with Crippen LogP contribution in [0.25, 0.3) is 0 Å². The van der Waals surface area contributed by atoms with E-state index in [1.165, 1.54) is 7.11 Å².